The Morgan fingerprint density at radius 2 is 1.86 bits per heavy atom. The standard InChI is InChI=1S/C16H26N4O/c1-12(2)20-10-3-4-13(9-11-20)18-14-5-7-15(8-6-14)19-16(17)21/h5-8,12-13,18H,3-4,9-11H2,1-2H3,(H3,17,19,21). The van der Waals surface area contributed by atoms with Gasteiger partial charge in [0.1, 0.15) is 0 Å². The van der Waals surface area contributed by atoms with E-state index in [4.69, 9.17) is 5.73 Å². The lowest BCUT2D eigenvalue weighted by Gasteiger charge is -2.24. The number of carbonyl (C=O) groups excluding carboxylic acids is 1. The van der Waals surface area contributed by atoms with Crippen molar-refractivity contribution in [3.63, 3.8) is 0 Å². The molecule has 5 heteroatoms. The summed E-state index contributed by atoms with van der Waals surface area (Å²) in [6, 6.07) is 8.31. The Morgan fingerprint density at radius 3 is 2.48 bits per heavy atom. The van der Waals surface area contributed by atoms with Gasteiger partial charge in [-0.25, -0.2) is 4.79 Å². The van der Waals surface area contributed by atoms with Gasteiger partial charge in [0.15, 0.2) is 0 Å². The molecule has 0 aromatic heterocycles. The number of amides is 2. The summed E-state index contributed by atoms with van der Waals surface area (Å²) in [5.41, 5.74) is 6.91. The molecule has 1 saturated heterocycles. The average molecular weight is 290 g/mol. The summed E-state index contributed by atoms with van der Waals surface area (Å²) >= 11 is 0. The first kappa shape index (κ1) is 15.6. The van der Waals surface area contributed by atoms with Gasteiger partial charge in [0.05, 0.1) is 0 Å². The Balaban J connectivity index is 1.88. The molecule has 0 radical (unpaired) electrons. The predicted octanol–water partition coefficient (Wildman–Crippen LogP) is 2.85. The summed E-state index contributed by atoms with van der Waals surface area (Å²) in [5.74, 6) is 0. The van der Waals surface area contributed by atoms with Crippen molar-refractivity contribution in [3.05, 3.63) is 24.3 Å². The lowest BCUT2D eigenvalue weighted by atomic mass is 10.1. The number of nitrogens with one attached hydrogen (secondary N) is 2. The fourth-order valence-electron chi connectivity index (χ4n) is 2.81. The molecule has 5 nitrogen and oxygen atoms in total. The van der Waals surface area contributed by atoms with E-state index in [0.29, 0.717) is 12.1 Å². The number of hydrogen-bond donors (Lipinski definition) is 3. The number of carbonyl (C=O) groups is 1. The van der Waals surface area contributed by atoms with Crippen molar-refractivity contribution in [1.82, 2.24) is 4.90 Å². The van der Waals surface area contributed by atoms with Gasteiger partial charge in [-0.1, -0.05) is 0 Å². The van der Waals surface area contributed by atoms with Crippen LogP contribution in [-0.2, 0) is 0 Å². The van der Waals surface area contributed by atoms with E-state index < -0.39 is 6.03 Å². The van der Waals surface area contributed by atoms with Crippen LogP contribution in [0, 0.1) is 0 Å². The van der Waals surface area contributed by atoms with Crippen LogP contribution in [0.4, 0.5) is 16.2 Å². The third-order valence-corrected chi connectivity index (χ3v) is 4.02. The third kappa shape index (κ3) is 4.93. The zero-order valence-corrected chi connectivity index (χ0v) is 12.9. The number of rotatable bonds is 4. The van der Waals surface area contributed by atoms with Crippen LogP contribution < -0.4 is 16.4 Å². The van der Waals surface area contributed by atoms with E-state index in [2.05, 4.69) is 29.4 Å². The average Bonchev–Trinajstić information content (AvgIpc) is 2.66. The van der Waals surface area contributed by atoms with Crippen LogP contribution in [-0.4, -0.2) is 36.1 Å². The second-order valence-electron chi connectivity index (χ2n) is 5.97. The van der Waals surface area contributed by atoms with Crippen molar-refractivity contribution in [2.24, 2.45) is 5.73 Å². The van der Waals surface area contributed by atoms with Crippen LogP contribution in [0.25, 0.3) is 0 Å². The molecule has 1 atom stereocenters. The maximum Gasteiger partial charge on any atom is 0.316 e. The number of primary amides is 1. The highest BCUT2D eigenvalue weighted by atomic mass is 16.2. The molecule has 4 N–H and O–H groups in total. The Labute approximate surface area is 126 Å². The van der Waals surface area contributed by atoms with Crippen molar-refractivity contribution in [2.45, 2.75) is 45.2 Å². The largest absolute Gasteiger partial charge is 0.382 e. The molecule has 0 saturated carbocycles. The van der Waals surface area contributed by atoms with Gasteiger partial charge in [0.2, 0.25) is 0 Å². The minimum atomic E-state index is -0.534. The molecular weight excluding hydrogens is 264 g/mol. The number of nitrogens with zero attached hydrogens (tertiary/aromatic N) is 1. The number of urea groups is 1. The fourth-order valence-corrected chi connectivity index (χ4v) is 2.81. The van der Waals surface area contributed by atoms with E-state index in [1.165, 1.54) is 25.8 Å². The Bertz CT molecular complexity index is 458. The van der Waals surface area contributed by atoms with Crippen molar-refractivity contribution >= 4 is 17.4 Å². The topological polar surface area (TPSA) is 70.4 Å². The molecule has 0 bridgehead atoms. The number of likely N-dealkylation sites (tertiary alicyclic amines) is 1. The smallest absolute Gasteiger partial charge is 0.316 e. The Hall–Kier alpha value is -1.75. The van der Waals surface area contributed by atoms with E-state index in [9.17, 15) is 4.79 Å². The summed E-state index contributed by atoms with van der Waals surface area (Å²) in [7, 11) is 0. The molecule has 1 heterocycles. The number of hydrogen-bond acceptors (Lipinski definition) is 3. The van der Waals surface area contributed by atoms with Gasteiger partial charge in [-0.15, -0.1) is 0 Å². The van der Waals surface area contributed by atoms with Gasteiger partial charge in [0, 0.05) is 30.0 Å². The lowest BCUT2D eigenvalue weighted by molar-refractivity contribution is 0.230. The van der Waals surface area contributed by atoms with Gasteiger partial charge in [-0.2, -0.15) is 0 Å². The van der Waals surface area contributed by atoms with Crippen molar-refractivity contribution in [3.8, 4) is 0 Å². The first-order valence-corrected chi connectivity index (χ1v) is 7.71. The van der Waals surface area contributed by atoms with E-state index in [0.717, 1.165) is 17.9 Å². The van der Waals surface area contributed by atoms with Crippen molar-refractivity contribution < 1.29 is 4.79 Å². The SMILES string of the molecule is CC(C)N1CCCC(Nc2ccc(NC(N)=O)cc2)CC1. The first-order chi connectivity index (χ1) is 10.0. The normalized spacial score (nSPS) is 20.0. The summed E-state index contributed by atoms with van der Waals surface area (Å²) in [6.45, 7) is 6.87. The molecule has 1 aliphatic heterocycles. The molecule has 1 aliphatic rings. The zero-order valence-electron chi connectivity index (χ0n) is 12.9. The number of benzene rings is 1. The van der Waals surface area contributed by atoms with Crippen LogP contribution in [0.3, 0.4) is 0 Å². The third-order valence-electron chi connectivity index (χ3n) is 4.02. The fraction of sp³-hybridized carbons (Fsp3) is 0.562. The number of anilines is 2. The quantitative estimate of drug-likeness (QED) is 0.798. The molecule has 116 valence electrons. The van der Waals surface area contributed by atoms with Crippen molar-refractivity contribution in [1.29, 1.82) is 0 Å². The number of nitrogens with two attached hydrogens (primary N) is 1. The van der Waals surface area contributed by atoms with Gasteiger partial charge in [-0.05, 0) is 63.9 Å². The molecule has 2 amide bonds. The monoisotopic (exact) mass is 290 g/mol. The molecule has 1 aromatic rings. The van der Waals surface area contributed by atoms with Gasteiger partial charge in [-0.3, -0.25) is 0 Å². The van der Waals surface area contributed by atoms with E-state index in [1.807, 2.05) is 24.3 Å². The highest BCUT2D eigenvalue weighted by Gasteiger charge is 2.18. The highest BCUT2D eigenvalue weighted by Crippen LogP contribution is 2.19. The molecule has 21 heavy (non-hydrogen) atoms. The minimum absolute atomic E-state index is 0.517. The second kappa shape index (κ2) is 7.31. The van der Waals surface area contributed by atoms with E-state index in [-0.39, 0.29) is 0 Å². The van der Waals surface area contributed by atoms with Crippen LogP contribution in [0.5, 0.6) is 0 Å². The molecule has 1 fully saturated rings. The van der Waals surface area contributed by atoms with Crippen LogP contribution >= 0.6 is 0 Å². The molecular formula is C16H26N4O. The molecule has 0 aliphatic carbocycles. The minimum Gasteiger partial charge on any atom is -0.382 e. The molecule has 2 rings (SSSR count). The summed E-state index contributed by atoms with van der Waals surface area (Å²) < 4.78 is 0. The Morgan fingerprint density at radius 1 is 1.19 bits per heavy atom. The first-order valence-electron chi connectivity index (χ1n) is 7.71. The molecule has 0 spiro atoms. The van der Waals surface area contributed by atoms with Gasteiger partial charge >= 0.3 is 6.03 Å². The summed E-state index contributed by atoms with van der Waals surface area (Å²) in [6.07, 6.45) is 3.60. The second-order valence-corrected chi connectivity index (χ2v) is 5.97. The highest BCUT2D eigenvalue weighted by molar-refractivity contribution is 5.87. The zero-order chi connectivity index (χ0) is 15.2. The molecule has 1 unspecified atom stereocenters. The van der Waals surface area contributed by atoms with Crippen LogP contribution in [0.2, 0.25) is 0 Å². The predicted molar refractivity (Wildman–Crippen MR) is 87.6 cm³/mol. The van der Waals surface area contributed by atoms with Crippen LogP contribution in [0.1, 0.15) is 33.1 Å². The maximum atomic E-state index is 10.8. The van der Waals surface area contributed by atoms with Crippen LogP contribution in [0.15, 0.2) is 24.3 Å². The lowest BCUT2D eigenvalue weighted by Crippen LogP contribution is -2.32. The maximum absolute atomic E-state index is 10.8. The van der Waals surface area contributed by atoms with Gasteiger partial charge in [0.25, 0.3) is 0 Å². The van der Waals surface area contributed by atoms with E-state index >= 15 is 0 Å². The van der Waals surface area contributed by atoms with Gasteiger partial charge < -0.3 is 21.3 Å². The summed E-state index contributed by atoms with van der Waals surface area (Å²) in [4.78, 5) is 13.3. The van der Waals surface area contributed by atoms with Crippen molar-refractivity contribution in [2.75, 3.05) is 23.7 Å². The van der Waals surface area contributed by atoms with E-state index in [1.54, 1.807) is 0 Å². The Kier molecular flexibility index (Phi) is 5.44. The summed E-state index contributed by atoms with van der Waals surface area (Å²) in [5, 5.41) is 6.16. The molecule has 1 aromatic carbocycles.